The van der Waals surface area contributed by atoms with E-state index in [0.717, 1.165) is 25.0 Å². The van der Waals surface area contributed by atoms with E-state index in [0.29, 0.717) is 30.3 Å². The Morgan fingerprint density at radius 1 is 1.11 bits per heavy atom. The molecule has 4 N–H and O–H groups in total. The Morgan fingerprint density at radius 2 is 1.81 bits per heavy atom. The fraction of sp³-hybridized carbons (Fsp3) is 0.360. The number of hydrogen-bond acceptors (Lipinski definition) is 5. The topological polar surface area (TPSA) is 126 Å². The first kappa shape index (κ1) is 26.7. The molecule has 8 nitrogen and oxygen atoms in total. The second-order valence-corrected chi connectivity index (χ2v) is 8.33. The monoisotopic (exact) mass is 504 g/mol. The summed E-state index contributed by atoms with van der Waals surface area (Å²) in [5.41, 5.74) is 4.26. The van der Waals surface area contributed by atoms with Crippen LogP contribution >= 0.6 is 0 Å². The number of hydrogen-bond donors (Lipinski definition) is 3. The van der Waals surface area contributed by atoms with Gasteiger partial charge in [0.15, 0.2) is 0 Å². The van der Waals surface area contributed by atoms with Crippen LogP contribution in [0.3, 0.4) is 0 Å². The zero-order valence-corrected chi connectivity index (χ0v) is 19.7. The molecule has 1 aliphatic rings. The minimum atomic E-state index is -4.86. The molecule has 2 aromatic rings. The highest BCUT2D eigenvalue weighted by atomic mass is 19.4. The van der Waals surface area contributed by atoms with Crippen molar-refractivity contribution >= 4 is 23.6 Å². The number of amides is 2. The Kier molecular flexibility index (Phi) is 8.33. The van der Waals surface area contributed by atoms with Gasteiger partial charge in [-0.25, -0.2) is 0 Å². The zero-order valence-electron chi connectivity index (χ0n) is 19.7. The molecular weight excluding hydrogens is 477 g/mol. The minimum absolute atomic E-state index is 0.106. The van der Waals surface area contributed by atoms with Gasteiger partial charge in [-0.05, 0) is 49.6 Å². The third-order valence-corrected chi connectivity index (χ3v) is 5.79. The molecule has 3 rings (SSSR count). The Labute approximate surface area is 206 Å². The number of amidine groups is 1. The fourth-order valence-corrected chi connectivity index (χ4v) is 4.00. The summed E-state index contributed by atoms with van der Waals surface area (Å²) in [6, 6.07) is 8.09. The smallest absolute Gasteiger partial charge is 0.417 e. The summed E-state index contributed by atoms with van der Waals surface area (Å²) in [5, 5.41) is 10.2. The first-order valence-electron chi connectivity index (χ1n) is 11.4. The summed E-state index contributed by atoms with van der Waals surface area (Å²) < 4.78 is 46.5. The third kappa shape index (κ3) is 6.41. The summed E-state index contributed by atoms with van der Waals surface area (Å²) in [7, 11) is 0. The van der Waals surface area contributed by atoms with Crippen LogP contribution < -0.4 is 11.1 Å². The van der Waals surface area contributed by atoms with Crippen LogP contribution in [0.2, 0.25) is 0 Å². The molecule has 1 unspecified atom stereocenters. The van der Waals surface area contributed by atoms with E-state index in [-0.39, 0.29) is 24.4 Å². The van der Waals surface area contributed by atoms with Crippen LogP contribution in [-0.2, 0) is 15.7 Å². The SMILES string of the molecule is CCOC(=O)CC(NC(=O)c1ccc(C(=O)N2CCCC2)c(C(F)(F)F)c1)c1cccc(C(=N)N)c1. The number of esters is 1. The van der Waals surface area contributed by atoms with Crippen LogP contribution in [0.1, 0.15) is 69.6 Å². The van der Waals surface area contributed by atoms with Crippen molar-refractivity contribution in [1.82, 2.24) is 10.2 Å². The highest BCUT2D eigenvalue weighted by Crippen LogP contribution is 2.34. The largest absolute Gasteiger partial charge is 0.466 e. The molecule has 2 aromatic carbocycles. The van der Waals surface area contributed by atoms with Crippen molar-refractivity contribution in [2.75, 3.05) is 19.7 Å². The van der Waals surface area contributed by atoms with Crippen molar-refractivity contribution in [3.8, 4) is 0 Å². The predicted molar refractivity (Wildman–Crippen MR) is 125 cm³/mol. The number of nitrogens with one attached hydrogen (secondary N) is 2. The molecular formula is C25H27F3N4O4. The molecule has 0 aliphatic carbocycles. The zero-order chi connectivity index (χ0) is 26.5. The van der Waals surface area contributed by atoms with Gasteiger partial charge in [-0.1, -0.05) is 18.2 Å². The van der Waals surface area contributed by atoms with E-state index in [1.54, 1.807) is 25.1 Å². The van der Waals surface area contributed by atoms with Gasteiger partial charge in [0, 0.05) is 24.2 Å². The highest BCUT2D eigenvalue weighted by Gasteiger charge is 2.37. The maximum Gasteiger partial charge on any atom is 0.417 e. The molecule has 1 aliphatic heterocycles. The minimum Gasteiger partial charge on any atom is -0.466 e. The molecule has 1 saturated heterocycles. The van der Waals surface area contributed by atoms with Gasteiger partial charge in [-0.3, -0.25) is 19.8 Å². The molecule has 0 aromatic heterocycles. The van der Waals surface area contributed by atoms with Gasteiger partial charge in [0.25, 0.3) is 11.8 Å². The van der Waals surface area contributed by atoms with Gasteiger partial charge in [-0.15, -0.1) is 0 Å². The summed E-state index contributed by atoms with van der Waals surface area (Å²) >= 11 is 0. The van der Waals surface area contributed by atoms with Gasteiger partial charge in [0.1, 0.15) is 5.84 Å². The number of nitrogens with zero attached hydrogens (tertiary/aromatic N) is 1. The fourth-order valence-electron chi connectivity index (χ4n) is 4.00. The molecule has 11 heteroatoms. The number of benzene rings is 2. The average Bonchev–Trinajstić information content (AvgIpc) is 3.37. The number of halogens is 3. The molecule has 0 radical (unpaired) electrons. The van der Waals surface area contributed by atoms with Crippen LogP contribution in [0, 0.1) is 5.41 Å². The lowest BCUT2D eigenvalue weighted by Gasteiger charge is -2.21. The van der Waals surface area contributed by atoms with Crippen molar-refractivity contribution in [2.24, 2.45) is 5.73 Å². The third-order valence-electron chi connectivity index (χ3n) is 5.79. The number of rotatable bonds is 8. The van der Waals surface area contributed by atoms with Crippen LogP contribution in [0.4, 0.5) is 13.2 Å². The molecule has 2 amide bonds. The molecule has 0 saturated carbocycles. The number of alkyl halides is 3. The van der Waals surface area contributed by atoms with Gasteiger partial charge in [-0.2, -0.15) is 13.2 Å². The van der Waals surface area contributed by atoms with Gasteiger partial charge < -0.3 is 20.7 Å². The first-order valence-corrected chi connectivity index (χ1v) is 11.4. The number of likely N-dealkylation sites (tertiary alicyclic amines) is 1. The van der Waals surface area contributed by atoms with Crippen LogP contribution in [0.5, 0.6) is 0 Å². The van der Waals surface area contributed by atoms with Gasteiger partial charge in [0.2, 0.25) is 0 Å². The highest BCUT2D eigenvalue weighted by molar-refractivity contribution is 6.00. The number of carbonyl (C=O) groups is 3. The van der Waals surface area contributed by atoms with Crippen molar-refractivity contribution in [3.63, 3.8) is 0 Å². The number of nitrogen functional groups attached to an aromatic ring is 1. The van der Waals surface area contributed by atoms with E-state index in [9.17, 15) is 27.6 Å². The summed E-state index contributed by atoms with van der Waals surface area (Å²) in [5.74, 6) is -2.46. The Balaban J connectivity index is 1.93. The summed E-state index contributed by atoms with van der Waals surface area (Å²) in [4.78, 5) is 39.2. The Hall–Kier alpha value is -3.89. The molecule has 36 heavy (non-hydrogen) atoms. The summed E-state index contributed by atoms with van der Waals surface area (Å²) in [6.45, 7) is 2.49. The van der Waals surface area contributed by atoms with Crippen molar-refractivity contribution in [2.45, 2.75) is 38.4 Å². The van der Waals surface area contributed by atoms with E-state index in [1.165, 1.54) is 11.0 Å². The number of ether oxygens (including phenoxy) is 1. The van der Waals surface area contributed by atoms with Crippen LogP contribution in [0.25, 0.3) is 0 Å². The Bertz CT molecular complexity index is 1160. The second kappa shape index (κ2) is 11.2. The van der Waals surface area contributed by atoms with E-state index in [2.05, 4.69) is 5.32 Å². The van der Waals surface area contributed by atoms with Crippen LogP contribution in [-0.4, -0.2) is 48.2 Å². The normalized spacial score (nSPS) is 14.3. The molecule has 1 atom stereocenters. The number of carbonyl (C=O) groups excluding carboxylic acids is 3. The summed E-state index contributed by atoms with van der Waals surface area (Å²) in [6.07, 6.45) is -3.71. The van der Waals surface area contributed by atoms with E-state index in [4.69, 9.17) is 15.9 Å². The van der Waals surface area contributed by atoms with Crippen molar-refractivity contribution in [1.29, 1.82) is 5.41 Å². The molecule has 192 valence electrons. The van der Waals surface area contributed by atoms with E-state index in [1.807, 2.05) is 0 Å². The maximum absolute atomic E-state index is 13.8. The van der Waals surface area contributed by atoms with Crippen molar-refractivity contribution in [3.05, 3.63) is 70.3 Å². The standard InChI is InChI=1S/C25H27F3N4O4/c1-2-36-21(33)14-20(15-6-5-7-16(12-15)22(29)30)31-23(34)17-8-9-18(19(13-17)25(26,27)28)24(35)32-10-3-4-11-32/h5-9,12-13,20H,2-4,10-11,14H2,1H3,(H3,29,30)(H,31,34). The van der Waals surface area contributed by atoms with E-state index < -0.39 is 41.1 Å². The second-order valence-electron chi connectivity index (χ2n) is 8.33. The quantitative estimate of drug-likeness (QED) is 0.288. The van der Waals surface area contributed by atoms with E-state index >= 15 is 0 Å². The predicted octanol–water partition coefficient (Wildman–Crippen LogP) is 3.65. The van der Waals surface area contributed by atoms with Gasteiger partial charge >= 0.3 is 12.1 Å². The molecule has 0 spiro atoms. The number of nitrogens with two attached hydrogens (primary N) is 1. The average molecular weight is 505 g/mol. The lowest BCUT2D eigenvalue weighted by molar-refractivity contribution is -0.143. The molecule has 1 fully saturated rings. The lowest BCUT2D eigenvalue weighted by atomic mass is 9.99. The lowest BCUT2D eigenvalue weighted by Crippen LogP contribution is -2.32. The van der Waals surface area contributed by atoms with Gasteiger partial charge in [0.05, 0.1) is 30.2 Å². The molecule has 1 heterocycles. The Morgan fingerprint density at radius 3 is 2.42 bits per heavy atom. The van der Waals surface area contributed by atoms with Crippen LogP contribution in [0.15, 0.2) is 42.5 Å². The molecule has 0 bridgehead atoms. The van der Waals surface area contributed by atoms with Crippen molar-refractivity contribution < 1.29 is 32.3 Å². The first-order chi connectivity index (χ1) is 17.0. The maximum atomic E-state index is 13.8.